The number of carbonyl (C=O) groups is 2. The van der Waals surface area contributed by atoms with Gasteiger partial charge in [0.25, 0.3) is 5.91 Å². The maximum atomic E-state index is 12.7. The van der Waals surface area contributed by atoms with Crippen LogP contribution < -0.4 is 10.1 Å². The van der Waals surface area contributed by atoms with E-state index in [0.29, 0.717) is 18.7 Å². The molecule has 2 heterocycles. The van der Waals surface area contributed by atoms with Gasteiger partial charge in [-0.25, -0.2) is 9.79 Å². The van der Waals surface area contributed by atoms with Gasteiger partial charge in [-0.3, -0.25) is 4.79 Å². The molecular weight excluding hydrogens is 390 g/mol. The lowest BCUT2D eigenvalue weighted by Gasteiger charge is -2.20. The largest absolute Gasteiger partial charge is 0.497 e. The number of hydrogen-bond acceptors (Lipinski definition) is 3. The summed E-state index contributed by atoms with van der Waals surface area (Å²) >= 11 is 0. The van der Waals surface area contributed by atoms with E-state index in [9.17, 15) is 9.59 Å². The second kappa shape index (κ2) is 7.72. The van der Waals surface area contributed by atoms with E-state index in [4.69, 9.17) is 4.74 Å². The summed E-state index contributed by atoms with van der Waals surface area (Å²) in [5, 5.41) is 2.97. The van der Waals surface area contributed by atoms with Crippen LogP contribution in [0, 0.1) is 0 Å². The first-order chi connectivity index (χ1) is 15.1. The van der Waals surface area contributed by atoms with Gasteiger partial charge in [0.2, 0.25) is 0 Å². The molecule has 31 heavy (non-hydrogen) atoms. The summed E-state index contributed by atoms with van der Waals surface area (Å²) in [5.74, 6) is 0.507. The third-order valence-electron chi connectivity index (χ3n) is 5.81. The van der Waals surface area contributed by atoms with Crippen molar-refractivity contribution in [1.29, 1.82) is 0 Å². The maximum Gasteiger partial charge on any atom is 0.322 e. The molecule has 2 aliphatic rings. The third kappa shape index (κ3) is 3.57. The zero-order valence-electron chi connectivity index (χ0n) is 17.0. The Morgan fingerprint density at radius 3 is 2.61 bits per heavy atom. The van der Waals surface area contributed by atoms with Crippen LogP contribution >= 0.6 is 0 Å². The lowest BCUT2D eigenvalue weighted by atomic mass is 9.87. The van der Waals surface area contributed by atoms with E-state index in [1.807, 2.05) is 60.7 Å². The van der Waals surface area contributed by atoms with Crippen LogP contribution in [0.4, 0.5) is 10.5 Å². The van der Waals surface area contributed by atoms with E-state index >= 15 is 0 Å². The van der Waals surface area contributed by atoms with E-state index < -0.39 is 0 Å². The van der Waals surface area contributed by atoms with Crippen LogP contribution in [0.3, 0.4) is 0 Å². The summed E-state index contributed by atoms with van der Waals surface area (Å²) < 4.78 is 5.27. The van der Waals surface area contributed by atoms with Crippen molar-refractivity contribution >= 4 is 23.8 Å². The van der Waals surface area contributed by atoms with E-state index in [1.165, 1.54) is 0 Å². The molecule has 0 fully saturated rings. The first-order valence-electron chi connectivity index (χ1n) is 10.1. The fourth-order valence-electron chi connectivity index (χ4n) is 4.14. The number of nitrogens with one attached hydrogen (secondary N) is 1. The fourth-order valence-corrected chi connectivity index (χ4v) is 4.14. The Hall–Kier alpha value is -3.93. The minimum absolute atomic E-state index is 0.0817. The van der Waals surface area contributed by atoms with Gasteiger partial charge in [0.15, 0.2) is 0 Å². The molecule has 0 aliphatic carbocycles. The molecule has 6 nitrogen and oxygen atoms in total. The Bertz CT molecular complexity index is 1200. The molecule has 0 aromatic heterocycles. The summed E-state index contributed by atoms with van der Waals surface area (Å²) in [6.07, 6.45) is 1.69. The number of aliphatic imine (C=N–C) groups is 1. The predicted molar refractivity (Wildman–Crippen MR) is 119 cm³/mol. The molecule has 6 heteroatoms. The molecule has 3 aromatic rings. The number of fused-ring (bicyclic) bond motifs is 2. The normalized spacial score (nSPS) is 16.6. The summed E-state index contributed by atoms with van der Waals surface area (Å²) in [5.41, 5.74) is 5.56. The van der Waals surface area contributed by atoms with Gasteiger partial charge < -0.3 is 15.0 Å². The van der Waals surface area contributed by atoms with Crippen molar-refractivity contribution in [2.75, 3.05) is 12.4 Å². The fraction of sp³-hybridized carbons (Fsp3) is 0.160. The number of carbonyl (C=O) groups excluding carboxylic acids is 2. The molecule has 0 saturated carbocycles. The zero-order chi connectivity index (χ0) is 21.4. The van der Waals surface area contributed by atoms with Crippen LogP contribution in [0.15, 0.2) is 71.7 Å². The van der Waals surface area contributed by atoms with Crippen molar-refractivity contribution in [2.45, 2.75) is 19.0 Å². The number of rotatable bonds is 3. The van der Waals surface area contributed by atoms with E-state index in [-0.39, 0.29) is 17.9 Å². The number of nitrogens with zero attached hydrogens (tertiary/aromatic N) is 2. The predicted octanol–water partition coefficient (Wildman–Crippen LogP) is 4.60. The van der Waals surface area contributed by atoms with Crippen molar-refractivity contribution in [3.8, 4) is 5.75 Å². The van der Waals surface area contributed by atoms with E-state index in [1.54, 1.807) is 24.3 Å². The molecule has 2 aliphatic heterocycles. The highest BCUT2D eigenvalue weighted by Crippen LogP contribution is 2.31. The summed E-state index contributed by atoms with van der Waals surface area (Å²) in [4.78, 5) is 30.6. The highest BCUT2D eigenvalue weighted by Gasteiger charge is 2.25. The monoisotopic (exact) mass is 411 g/mol. The molecular formula is C25H21N3O3. The second-order valence-corrected chi connectivity index (χ2v) is 7.69. The van der Waals surface area contributed by atoms with Crippen LogP contribution in [-0.4, -0.2) is 30.2 Å². The smallest absolute Gasteiger partial charge is 0.322 e. The van der Waals surface area contributed by atoms with Crippen molar-refractivity contribution in [3.05, 3.63) is 94.5 Å². The highest BCUT2D eigenvalue weighted by molar-refractivity contribution is 6.05. The van der Waals surface area contributed by atoms with Crippen molar-refractivity contribution < 1.29 is 14.3 Å². The van der Waals surface area contributed by atoms with Gasteiger partial charge in [-0.2, -0.15) is 0 Å². The topological polar surface area (TPSA) is 71.0 Å². The Kier molecular flexibility index (Phi) is 4.75. The molecule has 5 rings (SSSR count). The first-order valence-corrected chi connectivity index (χ1v) is 10.1. The summed E-state index contributed by atoms with van der Waals surface area (Å²) in [6.45, 7) is 1.13. The van der Waals surface area contributed by atoms with Crippen molar-refractivity contribution in [3.63, 3.8) is 0 Å². The molecule has 3 aromatic carbocycles. The minimum atomic E-state index is -0.208. The average Bonchev–Trinajstić information content (AvgIpc) is 3.24. The first kappa shape index (κ1) is 19.1. The number of ether oxygens (including phenoxy) is 1. The Balaban J connectivity index is 1.29. The molecule has 1 atom stereocenters. The lowest BCUT2D eigenvalue weighted by Crippen LogP contribution is -2.30. The number of benzene rings is 3. The number of anilines is 1. The maximum absolute atomic E-state index is 12.7. The molecule has 154 valence electrons. The summed E-state index contributed by atoms with van der Waals surface area (Å²) in [6, 6.07) is 21.0. The van der Waals surface area contributed by atoms with Crippen LogP contribution in [-0.2, 0) is 13.1 Å². The second-order valence-electron chi connectivity index (χ2n) is 7.69. The van der Waals surface area contributed by atoms with Crippen LogP contribution in [0.5, 0.6) is 5.75 Å². The van der Waals surface area contributed by atoms with Gasteiger partial charge in [-0.05, 0) is 52.6 Å². The number of hydrogen-bond donors (Lipinski definition) is 1. The molecule has 0 spiro atoms. The van der Waals surface area contributed by atoms with E-state index in [0.717, 1.165) is 33.7 Å². The van der Waals surface area contributed by atoms with Gasteiger partial charge in [-0.1, -0.05) is 36.4 Å². The van der Waals surface area contributed by atoms with E-state index in [2.05, 4.69) is 10.3 Å². The third-order valence-corrected chi connectivity index (χ3v) is 5.81. The Morgan fingerprint density at radius 1 is 1.03 bits per heavy atom. The molecule has 0 bridgehead atoms. The minimum Gasteiger partial charge on any atom is -0.497 e. The number of amides is 3. The van der Waals surface area contributed by atoms with Crippen LogP contribution in [0.1, 0.15) is 38.5 Å². The van der Waals surface area contributed by atoms with Crippen LogP contribution in [0.2, 0.25) is 0 Å². The van der Waals surface area contributed by atoms with Gasteiger partial charge in [0.1, 0.15) is 5.75 Å². The quantitative estimate of drug-likeness (QED) is 0.685. The number of urea groups is 1. The summed E-state index contributed by atoms with van der Waals surface area (Å²) in [7, 11) is 1.64. The molecule has 1 N–H and O–H groups in total. The van der Waals surface area contributed by atoms with Crippen molar-refractivity contribution in [1.82, 2.24) is 4.90 Å². The SMILES string of the molecule is COc1ccc2c(c1)CN(C(=O)Nc1ccc(C3C=NC(=O)c4ccccc43)cc1)C2. The highest BCUT2D eigenvalue weighted by atomic mass is 16.5. The van der Waals surface area contributed by atoms with Gasteiger partial charge in [0, 0.05) is 36.5 Å². The van der Waals surface area contributed by atoms with Crippen LogP contribution in [0.25, 0.3) is 0 Å². The number of methoxy groups -OCH3 is 1. The Morgan fingerprint density at radius 2 is 1.81 bits per heavy atom. The molecule has 0 radical (unpaired) electrons. The van der Waals surface area contributed by atoms with Gasteiger partial charge >= 0.3 is 6.03 Å². The van der Waals surface area contributed by atoms with Crippen molar-refractivity contribution in [2.24, 2.45) is 4.99 Å². The zero-order valence-corrected chi connectivity index (χ0v) is 17.0. The molecule has 1 unspecified atom stereocenters. The standard InChI is InChI=1S/C25H21N3O3/c1-31-20-11-8-17-14-28(15-18(17)12-20)25(30)27-19-9-6-16(7-10-19)23-13-26-24(29)22-5-3-2-4-21(22)23/h2-13,23H,14-15H2,1H3,(H,27,30). The van der Waals surface area contributed by atoms with Gasteiger partial charge in [0.05, 0.1) is 7.11 Å². The average molecular weight is 411 g/mol. The molecule has 3 amide bonds. The lowest BCUT2D eigenvalue weighted by molar-refractivity contribution is 0.1000. The Labute approximate surface area is 180 Å². The molecule has 0 saturated heterocycles. The van der Waals surface area contributed by atoms with Gasteiger partial charge in [-0.15, -0.1) is 0 Å².